The second-order valence-corrected chi connectivity index (χ2v) is 6.30. The molecule has 2 fully saturated rings. The van der Waals surface area contributed by atoms with E-state index in [1.54, 1.807) is 0 Å². The van der Waals surface area contributed by atoms with E-state index in [0.29, 0.717) is 5.92 Å². The Morgan fingerprint density at radius 1 is 1.37 bits per heavy atom. The average molecular weight is 277 g/mol. The molecule has 100 valence electrons. The van der Waals surface area contributed by atoms with Gasteiger partial charge in [-0.2, -0.15) is 0 Å². The largest absolute Gasteiger partial charge is 0.439 e. The normalized spacial score (nSPS) is 30.1. The standard InChI is InChI=1S/C15H17ClN2O/c1-8-5-10(16)6-12-14(8)19-15(18-12)13-11-4-2-3-9(11)7-17-13/h5-6,9,11,13,17H,2-4,7H2,1H3. The summed E-state index contributed by atoms with van der Waals surface area (Å²) in [6, 6.07) is 4.11. The van der Waals surface area contributed by atoms with Gasteiger partial charge in [-0.05, 0) is 55.8 Å². The van der Waals surface area contributed by atoms with Crippen LogP contribution in [0.4, 0.5) is 0 Å². The maximum atomic E-state index is 6.08. The number of oxazole rings is 1. The van der Waals surface area contributed by atoms with Gasteiger partial charge in [0, 0.05) is 5.02 Å². The Morgan fingerprint density at radius 2 is 2.26 bits per heavy atom. The van der Waals surface area contributed by atoms with Gasteiger partial charge in [0.2, 0.25) is 5.89 Å². The van der Waals surface area contributed by atoms with Crippen LogP contribution < -0.4 is 5.32 Å². The van der Waals surface area contributed by atoms with Crippen molar-refractivity contribution in [2.45, 2.75) is 32.2 Å². The second kappa shape index (κ2) is 4.22. The van der Waals surface area contributed by atoms with E-state index in [-0.39, 0.29) is 6.04 Å². The smallest absolute Gasteiger partial charge is 0.212 e. The maximum absolute atomic E-state index is 6.08. The Morgan fingerprint density at radius 3 is 3.16 bits per heavy atom. The number of aromatic nitrogens is 1. The lowest BCUT2D eigenvalue weighted by Crippen LogP contribution is -2.17. The molecule has 1 aliphatic heterocycles. The van der Waals surface area contributed by atoms with Crippen molar-refractivity contribution < 1.29 is 4.42 Å². The highest BCUT2D eigenvalue weighted by Gasteiger charge is 2.41. The number of nitrogens with zero attached hydrogens (tertiary/aromatic N) is 1. The molecule has 1 saturated heterocycles. The third-order valence-corrected chi connectivity index (χ3v) is 4.89. The molecule has 1 aromatic carbocycles. The van der Waals surface area contributed by atoms with E-state index >= 15 is 0 Å². The van der Waals surface area contributed by atoms with Crippen LogP contribution in [0.1, 0.15) is 36.8 Å². The van der Waals surface area contributed by atoms with Gasteiger partial charge in [0.1, 0.15) is 5.52 Å². The third-order valence-electron chi connectivity index (χ3n) is 4.67. The summed E-state index contributed by atoms with van der Waals surface area (Å²) < 4.78 is 6.01. The van der Waals surface area contributed by atoms with Gasteiger partial charge in [-0.1, -0.05) is 18.0 Å². The number of nitrogens with one attached hydrogen (secondary N) is 1. The Balaban J connectivity index is 1.77. The Labute approximate surface area is 117 Å². The van der Waals surface area contributed by atoms with Crippen LogP contribution in [-0.2, 0) is 0 Å². The van der Waals surface area contributed by atoms with Crippen molar-refractivity contribution >= 4 is 22.7 Å². The molecular formula is C15H17ClN2O. The summed E-state index contributed by atoms with van der Waals surface area (Å²) in [6.45, 7) is 3.12. The highest BCUT2D eigenvalue weighted by molar-refractivity contribution is 6.31. The Bertz CT molecular complexity index is 636. The van der Waals surface area contributed by atoms with Crippen LogP contribution >= 0.6 is 11.6 Å². The van der Waals surface area contributed by atoms with Gasteiger partial charge in [-0.3, -0.25) is 0 Å². The second-order valence-electron chi connectivity index (χ2n) is 5.86. The number of hydrogen-bond acceptors (Lipinski definition) is 3. The van der Waals surface area contributed by atoms with E-state index in [4.69, 9.17) is 16.0 Å². The number of benzene rings is 1. The minimum atomic E-state index is 0.290. The maximum Gasteiger partial charge on any atom is 0.212 e. The number of rotatable bonds is 1. The van der Waals surface area contributed by atoms with Gasteiger partial charge < -0.3 is 9.73 Å². The predicted molar refractivity (Wildman–Crippen MR) is 75.3 cm³/mol. The van der Waals surface area contributed by atoms with Crippen molar-refractivity contribution in [3.63, 3.8) is 0 Å². The number of aryl methyl sites for hydroxylation is 1. The molecule has 1 aliphatic carbocycles. The summed E-state index contributed by atoms with van der Waals surface area (Å²) in [5, 5.41) is 4.31. The van der Waals surface area contributed by atoms with Gasteiger partial charge in [0.05, 0.1) is 6.04 Å². The molecule has 4 heteroatoms. The van der Waals surface area contributed by atoms with Crippen LogP contribution in [0.5, 0.6) is 0 Å². The monoisotopic (exact) mass is 276 g/mol. The van der Waals surface area contributed by atoms with E-state index in [9.17, 15) is 0 Å². The summed E-state index contributed by atoms with van der Waals surface area (Å²) >= 11 is 6.08. The van der Waals surface area contributed by atoms with E-state index in [1.807, 2.05) is 19.1 Å². The van der Waals surface area contributed by atoms with Gasteiger partial charge in [-0.15, -0.1) is 0 Å². The third kappa shape index (κ3) is 1.79. The van der Waals surface area contributed by atoms with Crippen LogP contribution in [0.25, 0.3) is 11.1 Å². The number of fused-ring (bicyclic) bond motifs is 2. The molecule has 1 N–H and O–H groups in total. The quantitative estimate of drug-likeness (QED) is 0.860. The Kier molecular flexibility index (Phi) is 2.61. The summed E-state index contributed by atoms with van der Waals surface area (Å²) in [5.41, 5.74) is 2.81. The molecule has 3 nitrogen and oxygen atoms in total. The van der Waals surface area contributed by atoms with Crippen LogP contribution in [0.3, 0.4) is 0 Å². The van der Waals surface area contributed by atoms with Crippen LogP contribution in [0.2, 0.25) is 5.02 Å². The Hall–Kier alpha value is -1.06. The first-order valence-electron chi connectivity index (χ1n) is 7.02. The zero-order valence-electron chi connectivity index (χ0n) is 10.9. The predicted octanol–water partition coefficient (Wildman–Crippen LogP) is 3.85. The summed E-state index contributed by atoms with van der Waals surface area (Å²) in [6.07, 6.45) is 3.98. The van der Waals surface area contributed by atoms with E-state index < -0.39 is 0 Å². The molecule has 2 heterocycles. The van der Waals surface area contributed by atoms with E-state index in [2.05, 4.69) is 10.3 Å². The zero-order chi connectivity index (χ0) is 13.0. The van der Waals surface area contributed by atoms with Crippen LogP contribution in [-0.4, -0.2) is 11.5 Å². The lowest BCUT2D eigenvalue weighted by molar-refractivity contribution is 0.356. The van der Waals surface area contributed by atoms with Gasteiger partial charge >= 0.3 is 0 Å². The number of hydrogen-bond donors (Lipinski definition) is 1. The molecule has 19 heavy (non-hydrogen) atoms. The molecule has 1 saturated carbocycles. The number of halogens is 1. The fourth-order valence-electron chi connectivity index (χ4n) is 3.77. The summed E-state index contributed by atoms with van der Waals surface area (Å²) in [5.74, 6) is 2.35. The van der Waals surface area contributed by atoms with Crippen molar-refractivity contribution in [2.75, 3.05) is 6.54 Å². The van der Waals surface area contributed by atoms with Gasteiger partial charge in [0.15, 0.2) is 5.58 Å². The first-order valence-corrected chi connectivity index (χ1v) is 7.40. The molecule has 2 aliphatic rings. The minimum Gasteiger partial charge on any atom is -0.439 e. The molecule has 1 aromatic heterocycles. The molecule has 2 aromatic rings. The average Bonchev–Trinajstić information content (AvgIpc) is 2.99. The SMILES string of the molecule is Cc1cc(Cl)cc2nc(C3NCC4CCCC43)oc12. The van der Waals surface area contributed by atoms with Crippen molar-refractivity contribution in [1.29, 1.82) is 0 Å². The first kappa shape index (κ1) is 11.7. The molecular weight excluding hydrogens is 260 g/mol. The molecule has 0 radical (unpaired) electrons. The summed E-state index contributed by atoms with van der Waals surface area (Å²) in [7, 11) is 0. The van der Waals surface area contributed by atoms with Crippen molar-refractivity contribution in [2.24, 2.45) is 11.8 Å². The fourth-order valence-corrected chi connectivity index (χ4v) is 4.03. The van der Waals surface area contributed by atoms with Crippen LogP contribution in [0, 0.1) is 18.8 Å². The van der Waals surface area contributed by atoms with Gasteiger partial charge in [0.25, 0.3) is 0 Å². The first-order chi connectivity index (χ1) is 9.22. The van der Waals surface area contributed by atoms with E-state index in [1.165, 1.54) is 19.3 Å². The van der Waals surface area contributed by atoms with Crippen molar-refractivity contribution in [1.82, 2.24) is 10.3 Å². The van der Waals surface area contributed by atoms with E-state index in [0.717, 1.165) is 40.0 Å². The molecule has 3 atom stereocenters. The highest BCUT2D eigenvalue weighted by atomic mass is 35.5. The van der Waals surface area contributed by atoms with Gasteiger partial charge in [-0.25, -0.2) is 4.98 Å². The molecule has 4 rings (SSSR count). The van der Waals surface area contributed by atoms with Crippen molar-refractivity contribution in [3.05, 3.63) is 28.6 Å². The highest BCUT2D eigenvalue weighted by Crippen LogP contribution is 2.44. The van der Waals surface area contributed by atoms with Crippen molar-refractivity contribution in [3.8, 4) is 0 Å². The topological polar surface area (TPSA) is 38.1 Å². The lowest BCUT2D eigenvalue weighted by atomic mass is 9.94. The van der Waals surface area contributed by atoms with Crippen LogP contribution in [0.15, 0.2) is 16.5 Å². The minimum absolute atomic E-state index is 0.290. The lowest BCUT2D eigenvalue weighted by Gasteiger charge is -2.13. The molecule has 0 spiro atoms. The molecule has 3 unspecified atom stereocenters. The molecule has 0 bridgehead atoms. The zero-order valence-corrected chi connectivity index (χ0v) is 11.7. The molecule has 0 amide bonds. The summed E-state index contributed by atoms with van der Waals surface area (Å²) in [4.78, 5) is 4.66. The fraction of sp³-hybridized carbons (Fsp3) is 0.533.